The van der Waals surface area contributed by atoms with Crippen LogP contribution in [0.3, 0.4) is 0 Å². The van der Waals surface area contributed by atoms with Crippen molar-refractivity contribution < 1.29 is 19.1 Å². The van der Waals surface area contributed by atoms with Gasteiger partial charge >= 0.3 is 12.1 Å². The smallest absolute Gasteiger partial charge is 0.411 e. The van der Waals surface area contributed by atoms with Gasteiger partial charge in [-0.3, -0.25) is 4.90 Å². The average Bonchev–Trinajstić information content (AvgIpc) is 3.21. The van der Waals surface area contributed by atoms with Crippen molar-refractivity contribution in [2.24, 2.45) is 0 Å². The van der Waals surface area contributed by atoms with Gasteiger partial charge in [0.25, 0.3) is 0 Å². The molecule has 0 aliphatic carbocycles. The quantitative estimate of drug-likeness (QED) is 0.618. The number of ether oxygens (including phenoxy) is 2. The molecule has 0 radical (unpaired) electrons. The molecule has 0 aromatic heterocycles. The molecule has 0 spiro atoms. The lowest BCUT2D eigenvalue weighted by Crippen LogP contribution is -2.31. The molecular formula is C20H21NO4. The molecule has 5 nitrogen and oxygen atoms in total. The summed E-state index contributed by atoms with van der Waals surface area (Å²) >= 11 is 0. The first-order valence-corrected chi connectivity index (χ1v) is 8.24. The van der Waals surface area contributed by atoms with E-state index in [1.807, 2.05) is 67.6 Å². The predicted molar refractivity (Wildman–Crippen MR) is 92.6 cm³/mol. The molecule has 1 aliphatic rings. The third-order valence-corrected chi connectivity index (χ3v) is 4.66. The molecule has 25 heavy (non-hydrogen) atoms. The zero-order valence-electron chi connectivity index (χ0n) is 14.3. The summed E-state index contributed by atoms with van der Waals surface area (Å²) in [6.07, 6.45) is -0.504. The maximum atomic E-state index is 12.4. The van der Waals surface area contributed by atoms with Gasteiger partial charge in [-0.1, -0.05) is 60.7 Å². The Morgan fingerprint density at radius 1 is 0.920 bits per heavy atom. The van der Waals surface area contributed by atoms with Crippen LogP contribution in [0, 0.1) is 0 Å². The summed E-state index contributed by atoms with van der Waals surface area (Å²) in [5, 5.41) is 0. The van der Waals surface area contributed by atoms with Gasteiger partial charge < -0.3 is 9.47 Å². The minimum Gasteiger partial charge on any atom is -0.459 e. The normalized spacial score (nSPS) is 21.5. The molecule has 130 valence electrons. The van der Waals surface area contributed by atoms with Crippen LogP contribution in [0.25, 0.3) is 0 Å². The molecule has 0 unspecified atom stereocenters. The van der Waals surface area contributed by atoms with Crippen molar-refractivity contribution >= 4 is 12.1 Å². The van der Waals surface area contributed by atoms with E-state index < -0.39 is 17.6 Å². The Morgan fingerprint density at radius 2 is 1.40 bits per heavy atom. The maximum absolute atomic E-state index is 12.4. The molecule has 1 amide bonds. The molecule has 3 rings (SSSR count). The lowest BCUT2D eigenvalue weighted by atomic mass is 10.1. The number of carbonyl (C=O) groups is 2. The Hall–Kier alpha value is -2.82. The number of hydrogen-bond acceptors (Lipinski definition) is 4. The van der Waals surface area contributed by atoms with Gasteiger partial charge in [0, 0.05) is 0 Å². The first kappa shape index (κ1) is 17.0. The van der Waals surface area contributed by atoms with Gasteiger partial charge in [0.2, 0.25) is 0 Å². The number of hydrogen-bond donors (Lipinski definition) is 0. The number of amides is 1. The fourth-order valence-electron chi connectivity index (χ4n) is 2.83. The first-order chi connectivity index (χ1) is 12.0. The average molecular weight is 339 g/mol. The number of carbonyl (C=O) groups excluding carboxylic acids is 2. The van der Waals surface area contributed by atoms with Crippen molar-refractivity contribution in [1.82, 2.24) is 4.90 Å². The minimum atomic E-state index is -0.970. The Balaban J connectivity index is 1.54. The van der Waals surface area contributed by atoms with E-state index in [0.717, 1.165) is 11.1 Å². The van der Waals surface area contributed by atoms with Crippen LogP contribution in [0.4, 0.5) is 4.79 Å². The molecule has 1 saturated heterocycles. The first-order valence-electron chi connectivity index (χ1n) is 8.24. The summed E-state index contributed by atoms with van der Waals surface area (Å²) in [7, 11) is 0. The lowest BCUT2D eigenvalue weighted by molar-refractivity contribution is -0.148. The second-order valence-electron chi connectivity index (χ2n) is 6.30. The molecule has 1 fully saturated rings. The Labute approximate surface area is 147 Å². The van der Waals surface area contributed by atoms with E-state index >= 15 is 0 Å². The molecule has 2 aromatic carbocycles. The van der Waals surface area contributed by atoms with Gasteiger partial charge in [0.15, 0.2) is 5.54 Å². The largest absolute Gasteiger partial charge is 0.459 e. The summed E-state index contributed by atoms with van der Waals surface area (Å²) in [6, 6.07) is 18.6. The number of nitrogens with zero attached hydrogens (tertiary/aromatic N) is 1. The standard InChI is InChI=1S/C20H21NO4/c1-15-20(2,18(22)24-13-16-9-5-3-6-10-16)21(15)19(23)25-14-17-11-7-4-8-12-17/h3-12,15H,13-14H2,1-2H3/t15-,20+,21?/m1/s1. The minimum absolute atomic E-state index is 0.179. The van der Waals surface area contributed by atoms with Crippen LogP contribution >= 0.6 is 0 Å². The second kappa shape index (κ2) is 6.97. The van der Waals surface area contributed by atoms with Crippen LogP contribution in [0.2, 0.25) is 0 Å². The maximum Gasteiger partial charge on any atom is 0.411 e. The summed E-state index contributed by atoms with van der Waals surface area (Å²) in [6.45, 7) is 3.88. The van der Waals surface area contributed by atoms with Crippen molar-refractivity contribution in [1.29, 1.82) is 0 Å². The van der Waals surface area contributed by atoms with Crippen LogP contribution in [0.15, 0.2) is 60.7 Å². The van der Waals surface area contributed by atoms with Crippen molar-refractivity contribution in [2.45, 2.75) is 38.6 Å². The van der Waals surface area contributed by atoms with Gasteiger partial charge in [-0.05, 0) is 25.0 Å². The summed E-state index contributed by atoms with van der Waals surface area (Å²) in [4.78, 5) is 26.1. The highest BCUT2D eigenvalue weighted by atomic mass is 16.6. The van der Waals surface area contributed by atoms with Crippen LogP contribution in [-0.2, 0) is 27.5 Å². The van der Waals surface area contributed by atoms with Crippen LogP contribution in [0.1, 0.15) is 25.0 Å². The fraction of sp³-hybridized carbons (Fsp3) is 0.300. The van der Waals surface area contributed by atoms with E-state index in [2.05, 4.69) is 0 Å². The summed E-state index contributed by atoms with van der Waals surface area (Å²) in [5.74, 6) is -0.416. The molecule has 5 heteroatoms. The van der Waals surface area contributed by atoms with E-state index in [4.69, 9.17) is 9.47 Å². The predicted octanol–water partition coefficient (Wildman–Crippen LogP) is 3.53. The second-order valence-corrected chi connectivity index (χ2v) is 6.30. The molecule has 1 aliphatic heterocycles. The highest BCUT2D eigenvalue weighted by molar-refractivity contribution is 5.92. The zero-order chi connectivity index (χ0) is 17.9. The molecule has 2 aromatic rings. The highest BCUT2D eigenvalue weighted by Gasteiger charge is 2.66. The van der Waals surface area contributed by atoms with E-state index in [1.54, 1.807) is 6.92 Å². The number of benzene rings is 2. The molecule has 0 bridgehead atoms. The zero-order valence-corrected chi connectivity index (χ0v) is 14.3. The fourth-order valence-corrected chi connectivity index (χ4v) is 2.83. The van der Waals surface area contributed by atoms with Crippen molar-refractivity contribution in [3.63, 3.8) is 0 Å². The number of rotatable bonds is 5. The molecule has 1 heterocycles. The Morgan fingerprint density at radius 3 is 1.92 bits per heavy atom. The van der Waals surface area contributed by atoms with E-state index in [9.17, 15) is 9.59 Å². The lowest BCUT2D eigenvalue weighted by Gasteiger charge is -2.12. The topological polar surface area (TPSA) is 55.6 Å². The summed E-state index contributed by atoms with van der Waals surface area (Å²) < 4.78 is 10.7. The van der Waals surface area contributed by atoms with E-state index in [0.29, 0.717) is 0 Å². The van der Waals surface area contributed by atoms with E-state index in [1.165, 1.54) is 4.90 Å². The molecule has 0 saturated carbocycles. The summed E-state index contributed by atoms with van der Waals surface area (Å²) in [5.41, 5.74) is 0.840. The molecular weight excluding hydrogens is 318 g/mol. The van der Waals surface area contributed by atoms with Gasteiger partial charge in [0.05, 0.1) is 6.04 Å². The SMILES string of the molecule is C[C@H]1N(C(=O)OCc2ccccc2)[C@]1(C)C(=O)OCc1ccccc1. The van der Waals surface area contributed by atoms with Crippen LogP contribution in [0.5, 0.6) is 0 Å². The van der Waals surface area contributed by atoms with Gasteiger partial charge in [0.1, 0.15) is 13.2 Å². The van der Waals surface area contributed by atoms with Crippen molar-refractivity contribution in [3.05, 3.63) is 71.8 Å². The third kappa shape index (κ3) is 3.50. The number of esters is 1. The molecule has 2 atom stereocenters. The van der Waals surface area contributed by atoms with Crippen LogP contribution < -0.4 is 0 Å². The van der Waals surface area contributed by atoms with Crippen LogP contribution in [-0.4, -0.2) is 28.5 Å². The van der Waals surface area contributed by atoms with Crippen molar-refractivity contribution in [3.8, 4) is 0 Å². The van der Waals surface area contributed by atoms with Crippen molar-refractivity contribution in [2.75, 3.05) is 0 Å². The molecule has 0 N–H and O–H groups in total. The van der Waals surface area contributed by atoms with Gasteiger partial charge in [-0.2, -0.15) is 0 Å². The monoisotopic (exact) mass is 339 g/mol. The van der Waals surface area contributed by atoms with Gasteiger partial charge in [-0.15, -0.1) is 0 Å². The Bertz CT molecular complexity index is 747. The van der Waals surface area contributed by atoms with E-state index in [-0.39, 0.29) is 19.3 Å². The van der Waals surface area contributed by atoms with Gasteiger partial charge in [-0.25, -0.2) is 9.59 Å². The third-order valence-electron chi connectivity index (χ3n) is 4.66. The highest BCUT2D eigenvalue weighted by Crippen LogP contribution is 2.42. The Kier molecular flexibility index (Phi) is 4.74.